The first-order valence-electron chi connectivity index (χ1n) is 4.54. The molecule has 0 saturated heterocycles. The molecular formula is C7H12N6O2. The second-order valence-electron chi connectivity index (χ2n) is 3.66. The SMILES string of the molecule is NC1=NC(C2CC2)N(N)C(N)=C1[N+](=O)[O-]. The maximum absolute atomic E-state index is 10.6. The van der Waals surface area contributed by atoms with Gasteiger partial charge >= 0.3 is 5.70 Å². The minimum atomic E-state index is -0.669. The Labute approximate surface area is 85.5 Å². The highest BCUT2D eigenvalue weighted by atomic mass is 16.6. The van der Waals surface area contributed by atoms with Crippen LogP contribution in [0.3, 0.4) is 0 Å². The average Bonchev–Trinajstić information content (AvgIpc) is 2.94. The van der Waals surface area contributed by atoms with E-state index in [0.717, 1.165) is 17.9 Å². The van der Waals surface area contributed by atoms with Crippen LogP contribution in [0.2, 0.25) is 0 Å². The van der Waals surface area contributed by atoms with E-state index in [1.54, 1.807) is 0 Å². The van der Waals surface area contributed by atoms with E-state index in [4.69, 9.17) is 17.3 Å². The molecule has 1 unspecified atom stereocenters. The normalized spacial score (nSPS) is 26.6. The summed E-state index contributed by atoms with van der Waals surface area (Å²) in [5, 5.41) is 11.8. The zero-order valence-corrected chi connectivity index (χ0v) is 7.96. The summed E-state index contributed by atoms with van der Waals surface area (Å²) >= 11 is 0. The van der Waals surface area contributed by atoms with Crippen molar-refractivity contribution in [2.45, 2.75) is 19.0 Å². The van der Waals surface area contributed by atoms with Crippen molar-refractivity contribution in [1.29, 1.82) is 0 Å². The monoisotopic (exact) mass is 212 g/mol. The molecule has 15 heavy (non-hydrogen) atoms. The minimum absolute atomic E-state index is 0.121. The second-order valence-corrected chi connectivity index (χ2v) is 3.66. The number of nitrogens with zero attached hydrogens (tertiary/aromatic N) is 3. The van der Waals surface area contributed by atoms with Gasteiger partial charge in [-0.15, -0.1) is 0 Å². The molecule has 8 heteroatoms. The van der Waals surface area contributed by atoms with Crippen LogP contribution in [0, 0.1) is 16.0 Å². The molecule has 1 heterocycles. The van der Waals surface area contributed by atoms with Gasteiger partial charge in [0.1, 0.15) is 6.17 Å². The van der Waals surface area contributed by atoms with E-state index in [9.17, 15) is 10.1 Å². The number of rotatable bonds is 2. The van der Waals surface area contributed by atoms with Crippen molar-refractivity contribution in [2.24, 2.45) is 28.2 Å². The molecule has 0 radical (unpaired) electrons. The first-order valence-corrected chi connectivity index (χ1v) is 4.54. The Bertz CT molecular complexity index is 372. The molecule has 0 bridgehead atoms. The third-order valence-corrected chi connectivity index (χ3v) is 2.55. The zero-order valence-electron chi connectivity index (χ0n) is 7.96. The summed E-state index contributed by atoms with van der Waals surface area (Å²) in [5.41, 5.74) is 10.6. The van der Waals surface area contributed by atoms with Crippen molar-refractivity contribution in [3.63, 3.8) is 0 Å². The van der Waals surface area contributed by atoms with Gasteiger partial charge in [0.15, 0.2) is 5.82 Å². The Morgan fingerprint density at radius 2 is 2.07 bits per heavy atom. The van der Waals surface area contributed by atoms with Gasteiger partial charge in [0, 0.05) is 5.92 Å². The maximum atomic E-state index is 10.6. The number of nitro groups is 1. The van der Waals surface area contributed by atoms with Gasteiger partial charge in [0.05, 0.1) is 4.92 Å². The lowest BCUT2D eigenvalue weighted by atomic mass is 10.2. The van der Waals surface area contributed by atoms with Crippen LogP contribution < -0.4 is 17.3 Å². The maximum Gasteiger partial charge on any atom is 0.351 e. The van der Waals surface area contributed by atoms with E-state index >= 15 is 0 Å². The smallest absolute Gasteiger partial charge is 0.351 e. The van der Waals surface area contributed by atoms with Crippen molar-refractivity contribution in [3.05, 3.63) is 21.6 Å². The van der Waals surface area contributed by atoms with Gasteiger partial charge in [-0.25, -0.2) is 10.8 Å². The van der Waals surface area contributed by atoms with E-state index < -0.39 is 10.6 Å². The molecule has 0 aromatic carbocycles. The third kappa shape index (κ3) is 1.48. The van der Waals surface area contributed by atoms with Crippen molar-refractivity contribution >= 4 is 5.84 Å². The highest BCUT2D eigenvalue weighted by Crippen LogP contribution is 2.37. The molecule has 0 amide bonds. The number of amidine groups is 1. The molecular weight excluding hydrogens is 200 g/mol. The topological polar surface area (TPSA) is 137 Å². The molecule has 0 aromatic heterocycles. The van der Waals surface area contributed by atoms with Gasteiger partial charge in [-0.1, -0.05) is 0 Å². The summed E-state index contributed by atoms with van der Waals surface area (Å²) in [6.45, 7) is 0. The molecule has 1 aliphatic carbocycles. The molecule has 1 fully saturated rings. The van der Waals surface area contributed by atoms with E-state index in [1.165, 1.54) is 0 Å². The first-order chi connectivity index (χ1) is 7.02. The molecule has 6 N–H and O–H groups in total. The lowest BCUT2D eigenvalue weighted by molar-refractivity contribution is -0.418. The standard InChI is InChI=1S/C7H12N6O2/c8-5-4(13(14)15)6(9)12(10)7(11-5)3-1-2-3/h3,7H,1-2,9-10H2,(H2,8,11). The number of hydrazine groups is 1. The van der Waals surface area contributed by atoms with Crippen LogP contribution in [0.1, 0.15) is 12.8 Å². The van der Waals surface area contributed by atoms with Gasteiger partial charge in [0.2, 0.25) is 5.84 Å². The molecule has 8 nitrogen and oxygen atoms in total. The Kier molecular flexibility index (Phi) is 2.00. The number of hydrogen-bond acceptors (Lipinski definition) is 7. The second kappa shape index (κ2) is 3.09. The van der Waals surface area contributed by atoms with Crippen LogP contribution in [0.15, 0.2) is 16.5 Å². The van der Waals surface area contributed by atoms with Crippen LogP contribution in [0.25, 0.3) is 0 Å². The molecule has 0 spiro atoms. The lowest BCUT2D eigenvalue weighted by Crippen LogP contribution is -2.49. The highest BCUT2D eigenvalue weighted by molar-refractivity contribution is 5.95. The van der Waals surface area contributed by atoms with Gasteiger partial charge in [-0.3, -0.25) is 15.1 Å². The van der Waals surface area contributed by atoms with Crippen molar-refractivity contribution in [1.82, 2.24) is 5.01 Å². The lowest BCUT2D eigenvalue weighted by Gasteiger charge is -2.28. The van der Waals surface area contributed by atoms with Crippen LogP contribution in [-0.4, -0.2) is 21.9 Å². The summed E-state index contributed by atoms with van der Waals surface area (Å²) in [6.07, 6.45) is 1.64. The van der Waals surface area contributed by atoms with Gasteiger partial charge in [0.25, 0.3) is 0 Å². The molecule has 1 atom stereocenters. The van der Waals surface area contributed by atoms with Crippen molar-refractivity contribution in [2.75, 3.05) is 0 Å². The Hall–Kier alpha value is -1.83. The molecule has 2 aliphatic rings. The Morgan fingerprint density at radius 3 is 2.53 bits per heavy atom. The van der Waals surface area contributed by atoms with Crippen LogP contribution >= 0.6 is 0 Å². The molecule has 1 saturated carbocycles. The van der Waals surface area contributed by atoms with Crippen molar-refractivity contribution in [3.8, 4) is 0 Å². The van der Waals surface area contributed by atoms with E-state index in [2.05, 4.69) is 4.99 Å². The predicted molar refractivity (Wildman–Crippen MR) is 52.4 cm³/mol. The minimum Gasteiger partial charge on any atom is -0.378 e. The first kappa shape index (κ1) is 9.71. The van der Waals surface area contributed by atoms with E-state index in [-0.39, 0.29) is 17.8 Å². The van der Waals surface area contributed by atoms with Gasteiger partial charge in [-0.05, 0) is 12.8 Å². The summed E-state index contributed by atoms with van der Waals surface area (Å²) < 4.78 is 0. The summed E-state index contributed by atoms with van der Waals surface area (Å²) in [4.78, 5) is 14.0. The van der Waals surface area contributed by atoms with E-state index in [0.29, 0.717) is 5.92 Å². The fourth-order valence-electron chi connectivity index (χ4n) is 1.58. The average molecular weight is 212 g/mol. The van der Waals surface area contributed by atoms with Crippen LogP contribution in [0.4, 0.5) is 0 Å². The highest BCUT2D eigenvalue weighted by Gasteiger charge is 2.41. The van der Waals surface area contributed by atoms with Crippen LogP contribution in [0.5, 0.6) is 0 Å². The molecule has 2 rings (SSSR count). The number of aliphatic imine (C=N–C) groups is 1. The Balaban J connectivity index is 2.34. The van der Waals surface area contributed by atoms with E-state index in [1.807, 2.05) is 0 Å². The predicted octanol–water partition coefficient (Wildman–Crippen LogP) is -1.33. The Morgan fingerprint density at radius 1 is 1.47 bits per heavy atom. The zero-order chi connectivity index (χ0) is 11.2. The molecule has 82 valence electrons. The largest absolute Gasteiger partial charge is 0.378 e. The quantitative estimate of drug-likeness (QED) is 0.295. The molecule has 1 aliphatic heterocycles. The van der Waals surface area contributed by atoms with Crippen molar-refractivity contribution < 1.29 is 4.92 Å². The fourth-order valence-corrected chi connectivity index (χ4v) is 1.58. The summed E-state index contributed by atoms with van der Waals surface area (Å²) in [7, 11) is 0. The number of nitrogens with two attached hydrogens (primary N) is 3. The summed E-state index contributed by atoms with van der Waals surface area (Å²) in [5.74, 6) is 5.68. The number of hydrogen-bond donors (Lipinski definition) is 3. The van der Waals surface area contributed by atoms with Gasteiger partial charge in [-0.2, -0.15) is 0 Å². The van der Waals surface area contributed by atoms with Crippen LogP contribution in [-0.2, 0) is 0 Å². The summed E-state index contributed by atoms with van der Waals surface area (Å²) in [6, 6.07) is 0. The van der Waals surface area contributed by atoms with Gasteiger partial charge < -0.3 is 11.5 Å². The molecule has 0 aromatic rings. The fraction of sp³-hybridized carbons (Fsp3) is 0.571. The third-order valence-electron chi connectivity index (χ3n) is 2.55.